The molecule has 0 aromatic heterocycles. The van der Waals surface area contributed by atoms with Crippen molar-refractivity contribution in [1.29, 1.82) is 0 Å². The SMILES string of the molecule is NS(=O)(=O)c1ccc(NC(=S)Nc2ccccc2-c2ccccc2)cc1. The van der Waals surface area contributed by atoms with Crippen molar-refractivity contribution in [3.05, 3.63) is 78.9 Å². The van der Waals surface area contributed by atoms with Gasteiger partial charge in [-0.15, -0.1) is 0 Å². The fourth-order valence-corrected chi connectivity index (χ4v) is 3.22. The van der Waals surface area contributed by atoms with Crippen LogP contribution in [0.2, 0.25) is 0 Å². The van der Waals surface area contributed by atoms with E-state index in [0.29, 0.717) is 10.8 Å². The molecule has 5 nitrogen and oxygen atoms in total. The Hall–Kier alpha value is -2.74. The third kappa shape index (κ3) is 4.45. The molecule has 0 saturated carbocycles. The highest BCUT2D eigenvalue weighted by molar-refractivity contribution is 7.89. The molecule has 0 atom stereocenters. The predicted molar refractivity (Wildman–Crippen MR) is 110 cm³/mol. The zero-order chi connectivity index (χ0) is 18.6. The highest BCUT2D eigenvalue weighted by atomic mass is 32.2. The lowest BCUT2D eigenvalue weighted by Crippen LogP contribution is -2.19. The Morgan fingerprint density at radius 3 is 2.08 bits per heavy atom. The van der Waals surface area contributed by atoms with Gasteiger partial charge in [0, 0.05) is 16.9 Å². The van der Waals surface area contributed by atoms with Crippen LogP contribution >= 0.6 is 12.2 Å². The van der Waals surface area contributed by atoms with E-state index in [1.807, 2.05) is 54.6 Å². The number of benzene rings is 3. The van der Waals surface area contributed by atoms with Gasteiger partial charge in [0.15, 0.2) is 5.11 Å². The van der Waals surface area contributed by atoms with E-state index < -0.39 is 10.0 Å². The minimum absolute atomic E-state index is 0.0522. The summed E-state index contributed by atoms with van der Waals surface area (Å²) in [6.07, 6.45) is 0. The van der Waals surface area contributed by atoms with Crippen molar-refractivity contribution in [1.82, 2.24) is 0 Å². The standard InChI is InChI=1S/C19H17N3O2S2/c20-26(23,24)16-12-10-15(11-13-16)21-19(25)22-18-9-5-4-8-17(18)14-6-2-1-3-7-14/h1-13H,(H2,20,23,24)(H2,21,22,25). The molecule has 0 aliphatic carbocycles. The van der Waals surface area contributed by atoms with E-state index in [9.17, 15) is 8.42 Å². The van der Waals surface area contributed by atoms with E-state index >= 15 is 0 Å². The summed E-state index contributed by atoms with van der Waals surface area (Å²) in [6, 6.07) is 23.9. The third-order valence-corrected chi connectivity index (χ3v) is 4.83. The molecule has 132 valence electrons. The number of hydrogen-bond acceptors (Lipinski definition) is 3. The number of sulfonamides is 1. The molecule has 0 bridgehead atoms. The first-order chi connectivity index (χ1) is 12.4. The van der Waals surface area contributed by atoms with Gasteiger partial charge in [0.1, 0.15) is 0 Å². The highest BCUT2D eigenvalue weighted by Gasteiger charge is 2.08. The van der Waals surface area contributed by atoms with Crippen molar-refractivity contribution in [2.75, 3.05) is 10.6 Å². The van der Waals surface area contributed by atoms with Crippen LogP contribution in [0, 0.1) is 0 Å². The molecule has 0 aliphatic rings. The molecule has 0 amide bonds. The fourth-order valence-electron chi connectivity index (χ4n) is 2.47. The van der Waals surface area contributed by atoms with Crippen LogP contribution in [0.3, 0.4) is 0 Å². The second-order valence-electron chi connectivity index (χ2n) is 5.56. The zero-order valence-electron chi connectivity index (χ0n) is 13.7. The lowest BCUT2D eigenvalue weighted by Gasteiger charge is -2.14. The van der Waals surface area contributed by atoms with Crippen LogP contribution in [0.1, 0.15) is 0 Å². The summed E-state index contributed by atoms with van der Waals surface area (Å²) in [4.78, 5) is 0.0522. The molecular weight excluding hydrogens is 366 g/mol. The minimum atomic E-state index is -3.71. The Bertz CT molecular complexity index is 1020. The predicted octanol–water partition coefficient (Wildman–Crippen LogP) is 3.81. The average Bonchev–Trinajstić information content (AvgIpc) is 2.62. The molecule has 0 heterocycles. The monoisotopic (exact) mass is 383 g/mol. The summed E-state index contributed by atoms with van der Waals surface area (Å²) in [6.45, 7) is 0. The smallest absolute Gasteiger partial charge is 0.238 e. The molecule has 0 fully saturated rings. The summed E-state index contributed by atoms with van der Waals surface area (Å²) in [7, 11) is -3.71. The van der Waals surface area contributed by atoms with Crippen LogP contribution in [0.15, 0.2) is 83.8 Å². The molecule has 3 aromatic rings. The topological polar surface area (TPSA) is 84.2 Å². The number of rotatable bonds is 4. The lowest BCUT2D eigenvalue weighted by molar-refractivity contribution is 0.598. The van der Waals surface area contributed by atoms with Crippen LogP contribution in [0.5, 0.6) is 0 Å². The van der Waals surface area contributed by atoms with Gasteiger partial charge in [-0.1, -0.05) is 48.5 Å². The molecule has 3 rings (SSSR count). The van der Waals surface area contributed by atoms with Gasteiger partial charge in [0.05, 0.1) is 4.90 Å². The number of primary sulfonamides is 1. The molecule has 3 aromatic carbocycles. The van der Waals surface area contributed by atoms with Gasteiger partial charge in [-0.25, -0.2) is 13.6 Å². The van der Waals surface area contributed by atoms with Gasteiger partial charge >= 0.3 is 0 Å². The minimum Gasteiger partial charge on any atom is -0.332 e. The highest BCUT2D eigenvalue weighted by Crippen LogP contribution is 2.27. The second-order valence-corrected chi connectivity index (χ2v) is 7.53. The van der Waals surface area contributed by atoms with E-state index in [1.54, 1.807) is 12.1 Å². The van der Waals surface area contributed by atoms with Gasteiger partial charge in [-0.3, -0.25) is 0 Å². The van der Waals surface area contributed by atoms with E-state index in [1.165, 1.54) is 12.1 Å². The summed E-state index contributed by atoms with van der Waals surface area (Å²) in [5, 5.41) is 11.7. The zero-order valence-corrected chi connectivity index (χ0v) is 15.3. The number of thiocarbonyl (C=S) groups is 1. The summed E-state index contributed by atoms with van der Waals surface area (Å²) in [5.41, 5.74) is 3.64. The van der Waals surface area contributed by atoms with E-state index in [2.05, 4.69) is 10.6 Å². The maximum atomic E-state index is 11.3. The van der Waals surface area contributed by atoms with Crippen molar-refractivity contribution in [2.24, 2.45) is 5.14 Å². The van der Waals surface area contributed by atoms with Crippen LogP contribution in [0.25, 0.3) is 11.1 Å². The largest absolute Gasteiger partial charge is 0.332 e. The van der Waals surface area contributed by atoms with Crippen molar-refractivity contribution < 1.29 is 8.42 Å². The average molecular weight is 383 g/mol. The van der Waals surface area contributed by atoms with Crippen LogP contribution in [-0.4, -0.2) is 13.5 Å². The number of nitrogens with one attached hydrogen (secondary N) is 2. The van der Waals surface area contributed by atoms with E-state index in [0.717, 1.165) is 16.8 Å². The van der Waals surface area contributed by atoms with Gasteiger partial charge in [-0.05, 0) is 48.1 Å². The first kappa shape index (κ1) is 18.1. The van der Waals surface area contributed by atoms with Crippen LogP contribution < -0.4 is 15.8 Å². The van der Waals surface area contributed by atoms with Crippen molar-refractivity contribution >= 4 is 38.7 Å². The van der Waals surface area contributed by atoms with E-state index in [4.69, 9.17) is 17.4 Å². The van der Waals surface area contributed by atoms with Gasteiger partial charge in [-0.2, -0.15) is 0 Å². The van der Waals surface area contributed by atoms with Gasteiger partial charge < -0.3 is 10.6 Å². The summed E-state index contributed by atoms with van der Waals surface area (Å²) in [5.74, 6) is 0. The van der Waals surface area contributed by atoms with E-state index in [-0.39, 0.29) is 4.90 Å². The molecule has 0 saturated heterocycles. The molecule has 0 radical (unpaired) electrons. The third-order valence-electron chi connectivity index (χ3n) is 3.70. The Balaban J connectivity index is 1.75. The maximum Gasteiger partial charge on any atom is 0.238 e. The Morgan fingerprint density at radius 1 is 0.808 bits per heavy atom. The Labute approximate surface area is 157 Å². The molecule has 26 heavy (non-hydrogen) atoms. The van der Waals surface area contributed by atoms with Gasteiger partial charge in [0.2, 0.25) is 10.0 Å². The fraction of sp³-hybridized carbons (Fsp3) is 0. The van der Waals surface area contributed by atoms with Crippen LogP contribution in [0.4, 0.5) is 11.4 Å². The normalized spacial score (nSPS) is 11.0. The maximum absolute atomic E-state index is 11.3. The van der Waals surface area contributed by atoms with Crippen molar-refractivity contribution in [2.45, 2.75) is 4.90 Å². The number of nitrogens with two attached hydrogens (primary N) is 1. The summed E-state index contributed by atoms with van der Waals surface area (Å²) < 4.78 is 22.6. The first-order valence-electron chi connectivity index (χ1n) is 7.79. The second kappa shape index (κ2) is 7.65. The molecule has 0 aliphatic heterocycles. The Kier molecular flexibility index (Phi) is 5.32. The molecule has 7 heteroatoms. The molecule has 4 N–H and O–H groups in total. The summed E-state index contributed by atoms with van der Waals surface area (Å²) >= 11 is 5.37. The molecule has 0 spiro atoms. The first-order valence-corrected chi connectivity index (χ1v) is 9.74. The van der Waals surface area contributed by atoms with Crippen LogP contribution in [-0.2, 0) is 10.0 Å². The molecule has 0 unspecified atom stereocenters. The number of hydrogen-bond donors (Lipinski definition) is 3. The van der Waals surface area contributed by atoms with Crippen molar-refractivity contribution in [3.63, 3.8) is 0 Å². The lowest BCUT2D eigenvalue weighted by atomic mass is 10.0. The quantitative estimate of drug-likeness (QED) is 0.597. The number of para-hydroxylation sites is 1. The van der Waals surface area contributed by atoms with Crippen molar-refractivity contribution in [3.8, 4) is 11.1 Å². The molecular formula is C19H17N3O2S2. The van der Waals surface area contributed by atoms with Gasteiger partial charge in [0.25, 0.3) is 0 Å². The Morgan fingerprint density at radius 2 is 1.42 bits per heavy atom. The number of anilines is 2.